The van der Waals surface area contributed by atoms with E-state index in [4.69, 9.17) is 11.7 Å². The Hall–Kier alpha value is -1.78. The molecule has 1 aromatic rings. The van der Waals surface area contributed by atoms with Crippen LogP contribution in [0.1, 0.15) is 11.1 Å². The largest absolute Gasteiger partial charge is 0.286 e. The molecule has 0 aromatic heterocycles. The van der Waals surface area contributed by atoms with Gasteiger partial charge in [-0.2, -0.15) is 5.26 Å². The summed E-state index contributed by atoms with van der Waals surface area (Å²) in [6, 6.07) is 4.28. The van der Waals surface area contributed by atoms with E-state index in [1.807, 2.05) is 0 Å². The van der Waals surface area contributed by atoms with Gasteiger partial charge >= 0.3 is 0 Å². The summed E-state index contributed by atoms with van der Waals surface area (Å²) in [6.07, 6.45) is 5.01. The number of hydrogen-bond donors (Lipinski definition) is 0. The first-order chi connectivity index (χ1) is 7.19. The summed E-state index contributed by atoms with van der Waals surface area (Å²) in [5.74, 6) is 1.78. The van der Waals surface area contributed by atoms with Crippen molar-refractivity contribution in [2.45, 2.75) is 6.42 Å². The van der Waals surface area contributed by atoms with Crippen molar-refractivity contribution >= 4 is 16.9 Å². The van der Waals surface area contributed by atoms with Gasteiger partial charge in [-0.1, -0.05) is 12.0 Å². The Kier molecular flexibility index (Phi) is 3.91. The first-order valence-corrected chi connectivity index (χ1v) is 4.83. The molecular weight excluding hydrogens is 213 g/mol. The Bertz CT molecular complexity index is 470. The minimum atomic E-state index is -0.516. The number of thioether (sulfide) groups is 1. The van der Waals surface area contributed by atoms with Gasteiger partial charge in [0.05, 0.1) is 0 Å². The highest BCUT2D eigenvalue weighted by Crippen LogP contribution is 2.16. The molecule has 0 heterocycles. The molecule has 4 heteroatoms. The molecule has 2 nitrogen and oxygen atoms in total. The van der Waals surface area contributed by atoms with E-state index in [-0.39, 0.29) is 12.0 Å². The highest BCUT2D eigenvalue weighted by atomic mass is 32.2. The van der Waals surface area contributed by atoms with Gasteiger partial charge in [-0.05, 0) is 12.1 Å². The van der Waals surface area contributed by atoms with Crippen LogP contribution in [0.4, 0.5) is 4.39 Å². The molecule has 0 bridgehead atoms. The lowest BCUT2D eigenvalue weighted by atomic mass is 10.1. The summed E-state index contributed by atoms with van der Waals surface area (Å²) in [6.45, 7) is 0. The van der Waals surface area contributed by atoms with Crippen LogP contribution in [0.3, 0.4) is 0 Å². The molecule has 0 saturated heterocycles. The maximum absolute atomic E-state index is 13.3. The van der Waals surface area contributed by atoms with Crippen LogP contribution in [-0.4, -0.2) is 5.12 Å². The number of benzene rings is 1. The molecule has 0 aliphatic rings. The highest BCUT2D eigenvalue weighted by molar-refractivity contribution is 8.17. The predicted molar refractivity (Wildman–Crippen MR) is 56.3 cm³/mol. The summed E-state index contributed by atoms with van der Waals surface area (Å²) in [7, 11) is 0. The van der Waals surface area contributed by atoms with Crippen molar-refractivity contribution in [1.29, 1.82) is 5.26 Å². The van der Waals surface area contributed by atoms with Gasteiger partial charge in [-0.25, -0.2) is 4.39 Å². The molecule has 0 fully saturated rings. The Balaban J connectivity index is 3.00. The second kappa shape index (κ2) is 5.19. The Morgan fingerprint density at radius 2 is 2.33 bits per heavy atom. The fraction of sp³-hybridized carbons (Fsp3) is 0.0909. The van der Waals surface area contributed by atoms with Crippen molar-refractivity contribution in [3.8, 4) is 17.7 Å². The summed E-state index contributed by atoms with van der Waals surface area (Å²) < 4.78 is 13.3. The number of rotatable bonds is 2. The second-order valence-corrected chi connectivity index (χ2v) is 3.49. The van der Waals surface area contributed by atoms with Crippen molar-refractivity contribution in [3.63, 3.8) is 0 Å². The summed E-state index contributed by atoms with van der Waals surface area (Å²) in [4.78, 5) is 11.1. The van der Waals surface area contributed by atoms with Gasteiger partial charge in [0.25, 0.3) is 0 Å². The van der Waals surface area contributed by atoms with E-state index in [1.54, 1.807) is 11.5 Å². The summed E-state index contributed by atoms with van der Waals surface area (Å²) >= 11 is 0.485. The number of hydrogen-bond acceptors (Lipinski definition) is 3. The molecule has 0 radical (unpaired) electrons. The standard InChI is InChI=1S/C11H6FNOS/c1-2-8-4-3-5-10(12)9(8)6-11(14)15-7-13/h1,3-5H,6H2. The second-order valence-electron chi connectivity index (χ2n) is 2.65. The quantitative estimate of drug-likeness (QED) is 0.565. The minimum absolute atomic E-state index is 0.162. The number of carbonyl (C=O) groups excluding carboxylic acids is 1. The fourth-order valence-corrected chi connectivity index (χ4v) is 1.42. The van der Waals surface area contributed by atoms with Crippen molar-refractivity contribution in [2.24, 2.45) is 0 Å². The average molecular weight is 219 g/mol. The zero-order valence-corrected chi connectivity index (χ0v) is 8.47. The van der Waals surface area contributed by atoms with Gasteiger partial charge in [0, 0.05) is 29.3 Å². The van der Waals surface area contributed by atoms with Gasteiger partial charge in [0.2, 0.25) is 5.12 Å². The molecule has 0 aliphatic carbocycles. The van der Waals surface area contributed by atoms with Crippen LogP contribution in [0.25, 0.3) is 0 Å². The molecule has 0 N–H and O–H groups in total. The smallest absolute Gasteiger partial charge is 0.207 e. The third-order valence-electron chi connectivity index (χ3n) is 1.75. The number of nitrogens with zero attached hydrogens (tertiary/aromatic N) is 1. The summed E-state index contributed by atoms with van der Waals surface area (Å²) in [5.41, 5.74) is 0.523. The topological polar surface area (TPSA) is 40.9 Å². The average Bonchev–Trinajstić information content (AvgIpc) is 2.21. The molecule has 0 saturated carbocycles. The van der Waals surface area contributed by atoms with E-state index in [9.17, 15) is 9.18 Å². The third-order valence-corrected chi connectivity index (χ3v) is 2.22. The maximum Gasteiger partial charge on any atom is 0.207 e. The number of nitriles is 1. The van der Waals surface area contributed by atoms with Crippen molar-refractivity contribution in [1.82, 2.24) is 0 Å². The van der Waals surface area contributed by atoms with Crippen molar-refractivity contribution < 1.29 is 9.18 Å². The molecular formula is C11H6FNOS. The van der Waals surface area contributed by atoms with E-state index < -0.39 is 10.9 Å². The van der Waals surface area contributed by atoms with Gasteiger partial charge in [0.15, 0.2) is 0 Å². The lowest BCUT2D eigenvalue weighted by Gasteiger charge is -2.03. The first-order valence-electron chi connectivity index (χ1n) is 4.01. The molecule has 15 heavy (non-hydrogen) atoms. The van der Waals surface area contributed by atoms with E-state index in [0.717, 1.165) is 0 Å². The molecule has 1 aromatic carbocycles. The lowest BCUT2D eigenvalue weighted by molar-refractivity contribution is -0.110. The van der Waals surface area contributed by atoms with E-state index in [2.05, 4.69) is 5.92 Å². The van der Waals surface area contributed by atoms with Crippen molar-refractivity contribution in [2.75, 3.05) is 0 Å². The molecule has 74 valence electrons. The van der Waals surface area contributed by atoms with Gasteiger partial charge in [-0.3, -0.25) is 4.79 Å². The van der Waals surface area contributed by atoms with Gasteiger partial charge < -0.3 is 0 Å². The number of thiocyanates is 1. The molecule has 0 amide bonds. The molecule has 0 aliphatic heterocycles. The number of halogens is 1. The van der Waals surface area contributed by atoms with E-state index in [0.29, 0.717) is 17.3 Å². The van der Waals surface area contributed by atoms with Crippen LogP contribution in [0.2, 0.25) is 0 Å². The highest BCUT2D eigenvalue weighted by Gasteiger charge is 2.11. The zero-order valence-electron chi connectivity index (χ0n) is 7.66. The molecule has 0 spiro atoms. The maximum atomic E-state index is 13.3. The summed E-state index contributed by atoms with van der Waals surface area (Å²) in [5, 5.41) is 9.49. The normalized spacial score (nSPS) is 9.00. The number of terminal acetylenes is 1. The Labute approximate surface area is 91.1 Å². The SMILES string of the molecule is C#Cc1cccc(F)c1CC(=O)SC#N. The van der Waals surface area contributed by atoms with Crippen LogP contribution >= 0.6 is 11.8 Å². The fourth-order valence-electron chi connectivity index (χ4n) is 1.10. The van der Waals surface area contributed by atoms with Crippen LogP contribution in [0.15, 0.2) is 18.2 Å². The molecule has 1 rings (SSSR count). The van der Waals surface area contributed by atoms with Crippen LogP contribution in [0, 0.1) is 28.8 Å². The third kappa shape index (κ3) is 2.83. The van der Waals surface area contributed by atoms with E-state index >= 15 is 0 Å². The minimum Gasteiger partial charge on any atom is -0.286 e. The van der Waals surface area contributed by atoms with Crippen LogP contribution in [-0.2, 0) is 11.2 Å². The predicted octanol–water partition coefficient (Wildman–Crippen LogP) is 2.09. The molecule has 0 unspecified atom stereocenters. The van der Waals surface area contributed by atoms with Gasteiger partial charge in [-0.15, -0.1) is 6.42 Å². The van der Waals surface area contributed by atoms with Crippen LogP contribution in [0.5, 0.6) is 0 Å². The monoisotopic (exact) mass is 219 g/mol. The molecule has 0 atom stereocenters. The zero-order chi connectivity index (χ0) is 11.3. The number of carbonyl (C=O) groups is 1. The van der Waals surface area contributed by atoms with E-state index in [1.165, 1.54) is 12.1 Å². The lowest BCUT2D eigenvalue weighted by Crippen LogP contribution is -2.02. The van der Waals surface area contributed by atoms with Crippen LogP contribution < -0.4 is 0 Å². The Morgan fingerprint density at radius 1 is 1.60 bits per heavy atom. The first kappa shape index (κ1) is 11.3. The Morgan fingerprint density at radius 3 is 2.93 bits per heavy atom. The van der Waals surface area contributed by atoms with Gasteiger partial charge in [0.1, 0.15) is 11.2 Å². The van der Waals surface area contributed by atoms with Crippen molar-refractivity contribution in [3.05, 3.63) is 35.1 Å².